The van der Waals surface area contributed by atoms with Gasteiger partial charge in [0.2, 0.25) is 17.5 Å². The number of benzene rings is 1. The van der Waals surface area contributed by atoms with Gasteiger partial charge in [0, 0.05) is 19.6 Å². The first-order valence-electron chi connectivity index (χ1n) is 13.0. The average molecular weight is 619 g/mol. The molecular weight excluding hydrogens is 579 g/mol. The molecule has 0 saturated carbocycles. The summed E-state index contributed by atoms with van der Waals surface area (Å²) in [6.45, 7) is 5.53. The summed E-state index contributed by atoms with van der Waals surface area (Å²) in [6.07, 6.45) is -0.292. The van der Waals surface area contributed by atoms with Crippen LogP contribution < -0.4 is 21.1 Å². The SMILES string of the molecule is CCOCC(COCCOCCOCCN)NC(=O)CCOCCOCCC(=O)Oc1c(F)c(F)c(F)c(F)c1P. The molecule has 41 heavy (non-hydrogen) atoms. The lowest BCUT2D eigenvalue weighted by Crippen LogP contribution is -2.42. The molecule has 1 rings (SSSR count). The van der Waals surface area contributed by atoms with Crippen molar-refractivity contribution in [2.24, 2.45) is 5.73 Å². The number of nitrogens with one attached hydrogen (secondary N) is 1. The van der Waals surface area contributed by atoms with Crippen LogP contribution in [0, 0.1) is 23.3 Å². The van der Waals surface area contributed by atoms with E-state index in [0.29, 0.717) is 46.2 Å². The molecule has 11 nitrogen and oxygen atoms in total. The molecule has 0 spiro atoms. The maximum Gasteiger partial charge on any atom is 0.313 e. The van der Waals surface area contributed by atoms with Gasteiger partial charge >= 0.3 is 5.97 Å². The van der Waals surface area contributed by atoms with Crippen LogP contribution in [-0.2, 0) is 38.0 Å². The smallest absolute Gasteiger partial charge is 0.313 e. The zero-order valence-corrected chi connectivity index (χ0v) is 24.2. The summed E-state index contributed by atoms with van der Waals surface area (Å²) in [4.78, 5) is 24.0. The van der Waals surface area contributed by atoms with Crippen LogP contribution in [0.25, 0.3) is 0 Å². The van der Waals surface area contributed by atoms with Crippen LogP contribution >= 0.6 is 9.24 Å². The third-order valence-corrected chi connectivity index (χ3v) is 5.50. The molecule has 1 aromatic rings. The van der Waals surface area contributed by atoms with E-state index in [-0.39, 0.29) is 64.4 Å². The molecule has 3 N–H and O–H groups in total. The van der Waals surface area contributed by atoms with Crippen LogP contribution in [-0.4, -0.2) is 104 Å². The fourth-order valence-electron chi connectivity index (χ4n) is 2.98. The van der Waals surface area contributed by atoms with E-state index in [1.165, 1.54) is 0 Å². The molecule has 0 aliphatic heterocycles. The second-order valence-corrected chi connectivity index (χ2v) is 8.79. The summed E-state index contributed by atoms with van der Waals surface area (Å²) in [7, 11) is 1.65. The molecule has 0 bridgehead atoms. The molecule has 0 heterocycles. The summed E-state index contributed by atoms with van der Waals surface area (Å²) in [5.74, 6) is -9.94. The molecule has 0 fully saturated rings. The van der Waals surface area contributed by atoms with Gasteiger partial charge in [-0.25, -0.2) is 13.2 Å². The highest BCUT2D eigenvalue weighted by Gasteiger charge is 2.26. The fourth-order valence-corrected chi connectivity index (χ4v) is 3.29. The van der Waals surface area contributed by atoms with Crippen molar-refractivity contribution in [1.29, 1.82) is 0 Å². The Bertz CT molecular complexity index is 889. The number of esters is 1. The Balaban J connectivity index is 2.17. The van der Waals surface area contributed by atoms with Crippen LogP contribution in [0.4, 0.5) is 17.6 Å². The van der Waals surface area contributed by atoms with Crippen molar-refractivity contribution in [2.75, 3.05) is 85.8 Å². The van der Waals surface area contributed by atoms with Crippen molar-refractivity contribution in [3.8, 4) is 5.75 Å². The van der Waals surface area contributed by atoms with Gasteiger partial charge in [-0.15, -0.1) is 0 Å². The van der Waals surface area contributed by atoms with Crippen LogP contribution in [0.5, 0.6) is 5.75 Å². The van der Waals surface area contributed by atoms with E-state index in [0.717, 1.165) is 0 Å². The Morgan fingerprint density at radius 2 is 1.24 bits per heavy atom. The van der Waals surface area contributed by atoms with Gasteiger partial charge in [-0.1, -0.05) is 9.24 Å². The van der Waals surface area contributed by atoms with E-state index >= 15 is 0 Å². The van der Waals surface area contributed by atoms with Crippen molar-refractivity contribution in [2.45, 2.75) is 25.8 Å². The molecule has 1 aromatic carbocycles. The normalized spacial score (nSPS) is 12.0. The number of nitrogens with two attached hydrogens (primary N) is 1. The highest BCUT2D eigenvalue weighted by Crippen LogP contribution is 2.25. The van der Waals surface area contributed by atoms with Gasteiger partial charge in [0.05, 0.1) is 90.4 Å². The first-order chi connectivity index (χ1) is 19.7. The minimum Gasteiger partial charge on any atom is -0.422 e. The fraction of sp³-hybridized carbons (Fsp3) is 0.680. The molecular formula is C25H39F4N2O9P. The Hall–Kier alpha value is -1.97. The Morgan fingerprint density at radius 1 is 0.732 bits per heavy atom. The number of amides is 1. The van der Waals surface area contributed by atoms with Gasteiger partial charge in [-0.3, -0.25) is 9.59 Å². The number of rotatable bonds is 24. The summed E-state index contributed by atoms with van der Waals surface area (Å²) in [6, 6.07) is -0.350. The molecule has 0 aliphatic carbocycles. The van der Waals surface area contributed by atoms with Crippen molar-refractivity contribution in [3.63, 3.8) is 0 Å². The minimum atomic E-state index is -2.08. The van der Waals surface area contributed by atoms with Gasteiger partial charge in [-0.05, 0) is 6.92 Å². The molecule has 236 valence electrons. The van der Waals surface area contributed by atoms with E-state index in [9.17, 15) is 27.2 Å². The van der Waals surface area contributed by atoms with Gasteiger partial charge in [0.1, 0.15) is 0 Å². The summed E-state index contributed by atoms with van der Waals surface area (Å²) >= 11 is 0. The van der Waals surface area contributed by atoms with Crippen molar-refractivity contribution < 1.29 is 60.3 Å². The van der Waals surface area contributed by atoms with Gasteiger partial charge in [0.25, 0.3) is 0 Å². The molecule has 0 aliphatic rings. The number of ether oxygens (including phenoxy) is 7. The minimum absolute atomic E-state index is 0.0694. The predicted octanol–water partition coefficient (Wildman–Crippen LogP) is 0.992. The zero-order chi connectivity index (χ0) is 30.5. The van der Waals surface area contributed by atoms with Crippen LogP contribution in [0.1, 0.15) is 19.8 Å². The van der Waals surface area contributed by atoms with Crippen molar-refractivity contribution >= 4 is 26.4 Å². The largest absolute Gasteiger partial charge is 0.422 e. The van der Waals surface area contributed by atoms with Crippen LogP contribution in [0.15, 0.2) is 0 Å². The second-order valence-electron chi connectivity index (χ2n) is 8.21. The zero-order valence-electron chi connectivity index (χ0n) is 23.0. The number of carbonyl (C=O) groups is 2. The first-order valence-corrected chi connectivity index (χ1v) is 13.6. The molecule has 1 amide bonds. The molecule has 16 heteroatoms. The highest BCUT2D eigenvalue weighted by atomic mass is 31.0. The molecule has 0 aromatic heterocycles. The lowest BCUT2D eigenvalue weighted by molar-refractivity contribution is -0.136. The lowest BCUT2D eigenvalue weighted by Gasteiger charge is -2.19. The van der Waals surface area contributed by atoms with Gasteiger partial charge in [0.15, 0.2) is 17.4 Å². The Labute approximate surface area is 238 Å². The monoisotopic (exact) mass is 618 g/mol. The molecule has 2 atom stereocenters. The quantitative estimate of drug-likeness (QED) is 0.0328. The summed E-state index contributed by atoms with van der Waals surface area (Å²) in [5.41, 5.74) is 5.32. The van der Waals surface area contributed by atoms with E-state index in [1.807, 2.05) is 6.92 Å². The number of halogens is 4. The topological polar surface area (TPSA) is 137 Å². The maximum absolute atomic E-state index is 13.8. The van der Waals surface area contributed by atoms with E-state index < -0.39 is 40.3 Å². The van der Waals surface area contributed by atoms with Crippen molar-refractivity contribution in [3.05, 3.63) is 23.3 Å². The van der Waals surface area contributed by atoms with Crippen molar-refractivity contribution in [1.82, 2.24) is 5.32 Å². The summed E-state index contributed by atoms with van der Waals surface area (Å²) < 4.78 is 90.5. The van der Waals surface area contributed by atoms with E-state index in [1.54, 1.807) is 9.24 Å². The van der Waals surface area contributed by atoms with Crippen LogP contribution in [0.2, 0.25) is 0 Å². The summed E-state index contributed by atoms with van der Waals surface area (Å²) in [5, 5.41) is 2.06. The first kappa shape index (κ1) is 37.1. The van der Waals surface area contributed by atoms with E-state index in [4.69, 9.17) is 34.2 Å². The average Bonchev–Trinajstić information content (AvgIpc) is 2.96. The van der Waals surface area contributed by atoms with E-state index in [2.05, 4.69) is 10.1 Å². The van der Waals surface area contributed by atoms with Gasteiger partial charge < -0.3 is 44.2 Å². The molecule has 2 unspecified atom stereocenters. The Morgan fingerprint density at radius 3 is 1.85 bits per heavy atom. The molecule has 0 saturated heterocycles. The third-order valence-electron chi connectivity index (χ3n) is 4.98. The molecule has 0 radical (unpaired) electrons. The number of hydrogen-bond acceptors (Lipinski definition) is 10. The van der Waals surface area contributed by atoms with Crippen LogP contribution in [0.3, 0.4) is 0 Å². The second kappa shape index (κ2) is 22.6. The third kappa shape index (κ3) is 15.7. The maximum atomic E-state index is 13.8. The van der Waals surface area contributed by atoms with Gasteiger partial charge in [-0.2, -0.15) is 4.39 Å². The standard InChI is InChI=1S/C25H39F4N2O9P/c1-2-34-15-17(16-39-14-13-38-12-11-37-8-5-30)31-18(32)3-6-35-9-10-36-7-4-19(33)40-24-22(28)20(26)21(27)23(29)25(24)41/h17H,2-16,30,41H2,1H3,(H,31,32). The lowest BCUT2D eigenvalue weighted by atomic mass is 10.3. The number of carbonyl (C=O) groups excluding carboxylic acids is 2. The number of hydrogen-bond donors (Lipinski definition) is 2. The Kier molecular flexibility index (Phi) is 20.4. The highest BCUT2D eigenvalue weighted by molar-refractivity contribution is 7.27. The predicted molar refractivity (Wildman–Crippen MR) is 142 cm³/mol.